The molecule has 0 saturated carbocycles. The minimum absolute atomic E-state index is 0.0119. The Bertz CT molecular complexity index is 1040. The molecule has 0 spiro atoms. The number of halogens is 7. The molecule has 0 aromatic heterocycles. The number of hydrogen-bond donors (Lipinski definition) is 0. The molecular weight excluding hydrogens is 493 g/mol. The van der Waals surface area contributed by atoms with E-state index in [0.717, 1.165) is 12.0 Å². The maximum atomic E-state index is 13.6. The van der Waals surface area contributed by atoms with Crippen LogP contribution in [-0.4, -0.2) is 42.2 Å². The van der Waals surface area contributed by atoms with Crippen LogP contribution < -0.4 is 0 Å². The van der Waals surface area contributed by atoms with E-state index in [1.807, 2.05) is 5.01 Å². The maximum Gasteiger partial charge on any atom is 0.416 e. The minimum Gasteiger partial charge on any atom is -0.376 e. The standard InChI is InChI=1S/C25H25F7N2O2/c26-21-5-3-18(4-6-21)23(7-10-33(11-8-23)34-9-1-2-22(34)35)16-36-15-17-12-19(24(27,28)29)14-20(13-17)25(30,31)32/h3-6,12-14H,1-2,7-11,15-16H2. The summed E-state index contributed by atoms with van der Waals surface area (Å²) in [7, 11) is 0. The van der Waals surface area contributed by atoms with E-state index in [0.29, 0.717) is 51.0 Å². The van der Waals surface area contributed by atoms with Crippen LogP contribution in [0.4, 0.5) is 30.7 Å². The topological polar surface area (TPSA) is 32.8 Å². The van der Waals surface area contributed by atoms with E-state index >= 15 is 0 Å². The predicted octanol–water partition coefficient (Wildman–Crippen LogP) is 5.95. The van der Waals surface area contributed by atoms with Crippen molar-refractivity contribution in [1.82, 2.24) is 10.0 Å². The Kier molecular flexibility index (Phi) is 7.34. The summed E-state index contributed by atoms with van der Waals surface area (Å²) in [4.78, 5) is 12.1. The molecule has 2 aromatic carbocycles. The van der Waals surface area contributed by atoms with Gasteiger partial charge in [0.2, 0.25) is 5.91 Å². The molecule has 196 valence electrons. The summed E-state index contributed by atoms with van der Waals surface area (Å²) < 4.78 is 98.4. The Balaban J connectivity index is 1.52. The molecule has 36 heavy (non-hydrogen) atoms. The Hall–Kier alpha value is -2.66. The molecule has 2 saturated heterocycles. The SMILES string of the molecule is O=C1CCCN1N1CCC(COCc2cc(C(F)(F)F)cc(C(F)(F)F)c2)(c2ccc(F)cc2)CC1. The summed E-state index contributed by atoms with van der Waals surface area (Å²) in [6.07, 6.45) is -7.59. The second-order valence-electron chi connectivity index (χ2n) is 9.27. The van der Waals surface area contributed by atoms with Crippen molar-refractivity contribution in [2.75, 3.05) is 26.2 Å². The number of carbonyl (C=O) groups excluding carboxylic acids is 1. The van der Waals surface area contributed by atoms with Gasteiger partial charge in [-0.25, -0.2) is 9.40 Å². The third-order valence-corrected chi connectivity index (χ3v) is 6.84. The fourth-order valence-corrected chi connectivity index (χ4v) is 4.88. The van der Waals surface area contributed by atoms with Gasteiger partial charge in [0.05, 0.1) is 24.3 Å². The summed E-state index contributed by atoms with van der Waals surface area (Å²) in [5.41, 5.74) is -2.91. The van der Waals surface area contributed by atoms with Crippen LogP contribution in [0, 0.1) is 5.82 Å². The zero-order chi connectivity index (χ0) is 26.1. The molecule has 2 aromatic rings. The van der Waals surface area contributed by atoms with E-state index in [9.17, 15) is 35.5 Å². The maximum absolute atomic E-state index is 13.6. The van der Waals surface area contributed by atoms with Gasteiger partial charge in [0, 0.05) is 31.5 Å². The molecule has 2 aliphatic heterocycles. The average molecular weight is 518 g/mol. The second kappa shape index (κ2) is 10.0. The summed E-state index contributed by atoms with van der Waals surface area (Å²) in [6, 6.07) is 7.22. The predicted molar refractivity (Wildman–Crippen MR) is 116 cm³/mol. The smallest absolute Gasteiger partial charge is 0.376 e. The van der Waals surface area contributed by atoms with E-state index < -0.39 is 41.3 Å². The lowest BCUT2D eigenvalue weighted by atomic mass is 9.73. The fraction of sp³-hybridized carbons (Fsp3) is 0.480. The number of alkyl halides is 6. The molecule has 0 atom stereocenters. The zero-order valence-corrected chi connectivity index (χ0v) is 19.3. The number of hydrazine groups is 1. The van der Waals surface area contributed by atoms with Crippen molar-refractivity contribution >= 4 is 5.91 Å². The van der Waals surface area contributed by atoms with Gasteiger partial charge in [0.15, 0.2) is 0 Å². The molecular formula is C25H25F7N2O2. The Morgan fingerprint density at radius 3 is 1.94 bits per heavy atom. The highest BCUT2D eigenvalue weighted by atomic mass is 19.4. The van der Waals surface area contributed by atoms with Gasteiger partial charge in [-0.2, -0.15) is 26.3 Å². The summed E-state index contributed by atoms with van der Waals surface area (Å²) in [5, 5.41) is 3.68. The number of amides is 1. The number of piperidine rings is 1. The second-order valence-corrected chi connectivity index (χ2v) is 9.27. The van der Waals surface area contributed by atoms with Gasteiger partial charge >= 0.3 is 12.4 Å². The first-order chi connectivity index (χ1) is 16.9. The van der Waals surface area contributed by atoms with Crippen molar-refractivity contribution in [3.8, 4) is 0 Å². The molecule has 11 heteroatoms. The Labute approximate surface area is 203 Å². The lowest BCUT2D eigenvalue weighted by Gasteiger charge is -2.44. The molecule has 0 unspecified atom stereocenters. The summed E-state index contributed by atoms with van der Waals surface area (Å²) in [6.45, 7) is 1.21. The molecule has 0 aliphatic carbocycles. The van der Waals surface area contributed by atoms with Gasteiger partial charge in [0.1, 0.15) is 5.82 Å². The molecule has 0 bridgehead atoms. The van der Waals surface area contributed by atoms with Crippen LogP contribution in [-0.2, 0) is 33.9 Å². The number of carbonyl (C=O) groups is 1. The van der Waals surface area contributed by atoms with E-state index in [1.165, 1.54) is 12.1 Å². The van der Waals surface area contributed by atoms with Crippen molar-refractivity contribution in [3.63, 3.8) is 0 Å². The highest BCUT2D eigenvalue weighted by Gasteiger charge is 2.40. The van der Waals surface area contributed by atoms with E-state index in [4.69, 9.17) is 4.74 Å². The Morgan fingerprint density at radius 2 is 1.44 bits per heavy atom. The molecule has 4 nitrogen and oxygen atoms in total. The van der Waals surface area contributed by atoms with Crippen LogP contribution in [0.5, 0.6) is 0 Å². The van der Waals surface area contributed by atoms with Crippen LogP contribution in [0.2, 0.25) is 0 Å². The molecule has 2 heterocycles. The third kappa shape index (κ3) is 5.83. The first-order valence-electron chi connectivity index (χ1n) is 11.5. The summed E-state index contributed by atoms with van der Waals surface area (Å²) in [5.74, 6) is -0.385. The average Bonchev–Trinajstić information content (AvgIpc) is 3.24. The van der Waals surface area contributed by atoms with E-state index in [2.05, 4.69) is 0 Å². The van der Waals surface area contributed by atoms with Gasteiger partial charge < -0.3 is 4.74 Å². The normalized spacial score (nSPS) is 19.2. The number of hydrogen-bond acceptors (Lipinski definition) is 3. The third-order valence-electron chi connectivity index (χ3n) is 6.84. The van der Waals surface area contributed by atoms with Gasteiger partial charge in [-0.15, -0.1) is 0 Å². The van der Waals surface area contributed by atoms with Crippen molar-refractivity contribution < 1.29 is 40.3 Å². The highest BCUT2D eigenvalue weighted by Crippen LogP contribution is 2.39. The molecule has 1 amide bonds. The van der Waals surface area contributed by atoms with Crippen molar-refractivity contribution in [1.29, 1.82) is 0 Å². The largest absolute Gasteiger partial charge is 0.416 e. The number of benzene rings is 2. The lowest BCUT2D eigenvalue weighted by Crippen LogP contribution is -2.52. The van der Waals surface area contributed by atoms with Gasteiger partial charge in [0.25, 0.3) is 0 Å². The minimum atomic E-state index is -4.94. The van der Waals surface area contributed by atoms with Crippen molar-refractivity contribution in [3.05, 3.63) is 70.5 Å². The van der Waals surface area contributed by atoms with Gasteiger partial charge in [-0.1, -0.05) is 12.1 Å². The first kappa shape index (κ1) is 26.4. The van der Waals surface area contributed by atoms with Crippen LogP contribution in [0.3, 0.4) is 0 Å². The van der Waals surface area contributed by atoms with Gasteiger partial charge in [-0.05, 0) is 60.7 Å². The highest BCUT2D eigenvalue weighted by molar-refractivity contribution is 5.77. The number of ether oxygens (including phenoxy) is 1. The van der Waals surface area contributed by atoms with Crippen LogP contribution in [0.25, 0.3) is 0 Å². The van der Waals surface area contributed by atoms with Crippen LogP contribution in [0.15, 0.2) is 42.5 Å². The van der Waals surface area contributed by atoms with Crippen molar-refractivity contribution in [2.24, 2.45) is 0 Å². The molecule has 4 rings (SSSR count). The molecule has 2 fully saturated rings. The monoisotopic (exact) mass is 518 g/mol. The van der Waals surface area contributed by atoms with Gasteiger partial charge in [-0.3, -0.25) is 9.80 Å². The fourth-order valence-electron chi connectivity index (χ4n) is 4.88. The van der Waals surface area contributed by atoms with E-state index in [-0.39, 0.29) is 24.1 Å². The number of nitrogens with zero attached hydrogens (tertiary/aromatic N) is 2. The van der Waals surface area contributed by atoms with Crippen LogP contribution >= 0.6 is 0 Å². The molecule has 2 aliphatic rings. The summed E-state index contributed by atoms with van der Waals surface area (Å²) >= 11 is 0. The lowest BCUT2D eigenvalue weighted by molar-refractivity contribution is -0.147. The molecule has 0 N–H and O–H groups in total. The first-order valence-corrected chi connectivity index (χ1v) is 11.5. The van der Waals surface area contributed by atoms with Crippen molar-refractivity contribution in [2.45, 2.75) is 50.1 Å². The Morgan fingerprint density at radius 1 is 0.861 bits per heavy atom. The zero-order valence-electron chi connectivity index (χ0n) is 19.3. The number of rotatable bonds is 6. The van der Waals surface area contributed by atoms with Crippen LogP contribution in [0.1, 0.15) is 47.9 Å². The quantitative estimate of drug-likeness (QED) is 0.443. The molecule has 0 radical (unpaired) electrons. The van der Waals surface area contributed by atoms with E-state index in [1.54, 1.807) is 17.1 Å².